The van der Waals surface area contributed by atoms with Crippen molar-refractivity contribution in [3.05, 3.63) is 71.0 Å². The molecule has 1 N–H and O–H groups in total. The van der Waals surface area contributed by atoms with Crippen molar-refractivity contribution in [3.8, 4) is 0 Å². The predicted molar refractivity (Wildman–Crippen MR) is 93.9 cm³/mol. The van der Waals surface area contributed by atoms with Crippen molar-refractivity contribution in [2.75, 3.05) is 26.2 Å². The second-order valence-electron chi connectivity index (χ2n) is 6.70. The molecule has 3 nitrogen and oxygen atoms in total. The number of benzene rings is 2. The van der Waals surface area contributed by atoms with Gasteiger partial charge in [0.1, 0.15) is 17.5 Å². The number of halogens is 3. The van der Waals surface area contributed by atoms with Gasteiger partial charge in [-0.25, -0.2) is 13.2 Å². The summed E-state index contributed by atoms with van der Waals surface area (Å²) in [6.45, 7) is 2.94. The fraction of sp³-hybridized carbons (Fsp3) is 0.400. The molecule has 1 fully saturated rings. The summed E-state index contributed by atoms with van der Waals surface area (Å²) in [5.41, 5.74) is 1.09. The van der Waals surface area contributed by atoms with Gasteiger partial charge in [-0.1, -0.05) is 18.2 Å². The van der Waals surface area contributed by atoms with Crippen LogP contribution in [-0.4, -0.2) is 47.2 Å². The van der Waals surface area contributed by atoms with Crippen LogP contribution in [-0.2, 0) is 13.1 Å². The Balaban J connectivity index is 1.66. The van der Waals surface area contributed by atoms with Gasteiger partial charge >= 0.3 is 0 Å². The van der Waals surface area contributed by atoms with Crippen molar-refractivity contribution in [2.24, 2.45) is 0 Å². The van der Waals surface area contributed by atoms with Crippen molar-refractivity contribution in [1.82, 2.24) is 9.80 Å². The maximum atomic E-state index is 13.9. The smallest absolute Gasteiger partial charge is 0.130 e. The van der Waals surface area contributed by atoms with Crippen LogP contribution in [0.5, 0.6) is 0 Å². The average molecular weight is 364 g/mol. The molecule has 6 heteroatoms. The van der Waals surface area contributed by atoms with Crippen LogP contribution in [0.3, 0.4) is 0 Å². The van der Waals surface area contributed by atoms with Crippen LogP contribution in [0.1, 0.15) is 17.5 Å². The molecule has 1 saturated heterocycles. The molecule has 0 spiro atoms. The lowest BCUT2D eigenvalue weighted by atomic mass is 10.1. The molecule has 0 amide bonds. The second kappa shape index (κ2) is 8.66. The van der Waals surface area contributed by atoms with E-state index in [1.54, 1.807) is 12.1 Å². The maximum absolute atomic E-state index is 13.9. The average Bonchev–Trinajstić information content (AvgIpc) is 2.62. The number of aliphatic hydroxyl groups excluding tert-OH is 1. The largest absolute Gasteiger partial charge is 0.396 e. The highest BCUT2D eigenvalue weighted by Gasteiger charge is 2.27. The Morgan fingerprint density at radius 3 is 2.27 bits per heavy atom. The third-order valence-corrected chi connectivity index (χ3v) is 4.89. The van der Waals surface area contributed by atoms with Crippen LogP contribution in [0.2, 0.25) is 0 Å². The lowest BCUT2D eigenvalue weighted by Crippen LogP contribution is -2.52. The Morgan fingerprint density at radius 2 is 1.62 bits per heavy atom. The van der Waals surface area contributed by atoms with Crippen LogP contribution in [0.4, 0.5) is 13.2 Å². The molecule has 1 aliphatic rings. The van der Waals surface area contributed by atoms with Crippen LogP contribution in [0, 0.1) is 17.5 Å². The van der Waals surface area contributed by atoms with E-state index >= 15 is 0 Å². The van der Waals surface area contributed by atoms with E-state index in [2.05, 4.69) is 4.90 Å². The molecule has 140 valence electrons. The zero-order valence-corrected chi connectivity index (χ0v) is 14.5. The Hall–Kier alpha value is -1.89. The summed E-state index contributed by atoms with van der Waals surface area (Å²) >= 11 is 0. The van der Waals surface area contributed by atoms with E-state index in [4.69, 9.17) is 0 Å². The summed E-state index contributed by atoms with van der Waals surface area (Å²) in [5, 5.41) is 9.39. The van der Waals surface area contributed by atoms with E-state index in [1.807, 2.05) is 4.90 Å². The molecular weight excluding hydrogens is 341 g/mol. The number of piperazine rings is 1. The highest BCUT2D eigenvalue weighted by atomic mass is 19.1. The molecule has 26 heavy (non-hydrogen) atoms. The predicted octanol–water partition coefficient (Wildman–Crippen LogP) is 3.17. The highest BCUT2D eigenvalue weighted by molar-refractivity contribution is 5.20. The molecule has 0 aromatic heterocycles. The summed E-state index contributed by atoms with van der Waals surface area (Å²) < 4.78 is 40.9. The summed E-state index contributed by atoms with van der Waals surface area (Å²) in [7, 11) is 0. The summed E-state index contributed by atoms with van der Waals surface area (Å²) in [6.07, 6.45) is 0.581. The third-order valence-electron chi connectivity index (χ3n) is 4.89. The first-order chi connectivity index (χ1) is 12.6. The van der Waals surface area contributed by atoms with E-state index in [9.17, 15) is 18.3 Å². The van der Waals surface area contributed by atoms with Gasteiger partial charge < -0.3 is 5.11 Å². The molecule has 2 aromatic carbocycles. The van der Waals surface area contributed by atoms with Gasteiger partial charge in [-0.2, -0.15) is 0 Å². The minimum Gasteiger partial charge on any atom is -0.396 e. The van der Waals surface area contributed by atoms with E-state index in [0.717, 1.165) is 12.1 Å². The molecule has 1 heterocycles. The van der Waals surface area contributed by atoms with Crippen LogP contribution >= 0.6 is 0 Å². The van der Waals surface area contributed by atoms with Gasteiger partial charge in [0.15, 0.2) is 0 Å². The van der Waals surface area contributed by atoms with Crippen molar-refractivity contribution < 1.29 is 18.3 Å². The van der Waals surface area contributed by atoms with Gasteiger partial charge in [0.05, 0.1) is 0 Å². The first-order valence-corrected chi connectivity index (χ1v) is 8.81. The molecule has 0 saturated carbocycles. The van der Waals surface area contributed by atoms with Crippen molar-refractivity contribution >= 4 is 0 Å². The van der Waals surface area contributed by atoms with Gasteiger partial charge in [-0.15, -0.1) is 0 Å². The molecule has 0 unspecified atom stereocenters. The summed E-state index contributed by atoms with van der Waals surface area (Å²) in [4.78, 5) is 4.25. The Kier molecular flexibility index (Phi) is 6.29. The monoisotopic (exact) mass is 364 g/mol. The van der Waals surface area contributed by atoms with E-state index < -0.39 is 11.6 Å². The van der Waals surface area contributed by atoms with E-state index in [0.29, 0.717) is 26.1 Å². The fourth-order valence-corrected chi connectivity index (χ4v) is 3.46. The number of hydrogen-bond donors (Lipinski definition) is 1. The molecule has 3 rings (SSSR count). The van der Waals surface area contributed by atoms with E-state index in [1.165, 1.54) is 30.3 Å². The quantitative estimate of drug-likeness (QED) is 0.853. The van der Waals surface area contributed by atoms with E-state index in [-0.39, 0.29) is 30.6 Å². The molecule has 2 aromatic rings. The fourth-order valence-electron chi connectivity index (χ4n) is 3.46. The van der Waals surface area contributed by atoms with Gasteiger partial charge in [0, 0.05) is 50.9 Å². The van der Waals surface area contributed by atoms with Crippen molar-refractivity contribution in [3.63, 3.8) is 0 Å². The first-order valence-electron chi connectivity index (χ1n) is 8.81. The topological polar surface area (TPSA) is 26.7 Å². The number of nitrogens with zero attached hydrogens (tertiary/aromatic N) is 2. The zero-order chi connectivity index (χ0) is 18.5. The van der Waals surface area contributed by atoms with Gasteiger partial charge in [0.25, 0.3) is 0 Å². The standard InChI is InChI=1S/C20H23F3N2O/c21-16-6-4-15(5-7-16)12-25-10-9-24(13-17(25)8-11-26)14-18-19(22)2-1-3-20(18)23/h1-7,17,26H,8-14H2/t17-/m1/s1. The van der Waals surface area contributed by atoms with Gasteiger partial charge in [-0.3, -0.25) is 9.80 Å². The Labute approximate surface area is 151 Å². The minimum atomic E-state index is -0.530. The zero-order valence-electron chi connectivity index (χ0n) is 14.5. The summed E-state index contributed by atoms with van der Waals surface area (Å²) in [6, 6.07) is 10.4. The minimum absolute atomic E-state index is 0.0481. The molecule has 1 atom stereocenters. The van der Waals surface area contributed by atoms with Crippen LogP contribution in [0.15, 0.2) is 42.5 Å². The maximum Gasteiger partial charge on any atom is 0.130 e. The lowest BCUT2D eigenvalue weighted by molar-refractivity contribution is 0.0489. The highest BCUT2D eigenvalue weighted by Crippen LogP contribution is 2.21. The number of hydrogen-bond acceptors (Lipinski definition) is 3. The number of aliphatic hydroxyl groups is 1. The molecule has 1 aliphatic heterocycles. The third kappa shape index (κ3) is 4.63. The molecule has 0 bridgehead atoms. The molecule has 0 radical (unpaired) electrons. The molecular formula is C20H23F3N2O. The summed E-state index contributed by atoms with van der Waals surface area (Å²) in [5.74, 6) is -1.33. The number of rotatable bonds is 6. The van der Waals surface area contributed by atoms with Gasteiger partial charge in [-0.05, 0) is 36.2 Å². The normalized spacial score (nSPS) is 19.0. The Morgan fingerprint density at radius 1 is 0.923 bits per heavy atom. The van der Waals surface area contributed by atoms with Crippen molar-refractivity contribution in [1.29, 1.82) is 0 Å². The van der Waals surface area contributed by atoms with Crippen LogP contribution < -0.4 is 0 Å². The lowest BCUT2D eigenvalue weighted by Gasteiger charge is -2.41. The Bertz CT molecular complexity index is 703. The van der Waals surface area contributed by atoms with Crippen LogP contribution in [0.25, 0.3) is 0 Å². The SMILES string of the molecule is OCC[C@@H]1CN(Cc2c(F)cccc2F)CCN1Cc1ccc(F)cc1. The first kappa shape index (κ1) is 18.9. The second-order valence-corrected chi connectivity index (χ2v) is 6.70. The van der Waals surface area contributed by atoms with Crippen molar-refractivity contribution in [2.45, 2.75) is 25.6 Å². The molecule has 0 aliphatic carbocycles. The van der Waals surface area contributed by atoms with Gasteiger partial charge in [0.2, 0.25) is 0 Å².